The highest BCUT2D eigenvalue weighted by Crippen LogP contribution is 2.21. The molecule has 0 saturated carbocycles. The Balaban J connectivity index is 2.39. The molecule has 0 radical (unpaired) electrons. The van der Waals surface area contributed by atoms with Crippen LogP contribution in [0.15, 0.2) is 24.3 Å². The first kappa shape index (κ1) is 28.6. The number of hydrogen-bond donors (Lipinski definition) is 1. The summed E-state index contributed by atoms with van der Waals surface area (Å²) in [5.74, 6) is 1.03. The first-order valence-electron chi connectivity index (χ1n) is 11.7. The van der Waals surface area contributed by atoms with Gasteiger partial charge in [0, 0.05) is 11.0 Å². The van der Waals surface area contributed by atoms with Crippen molar-refractivity contribution in [3.05, 3.63) is 29.8 Å². The zero-order chi connectivity index (χ0) is 24.4. The predicted molar refractivity (Wildman–Crippen MR) is 131 cm³/mol. The van der Waals surface area contributed by atoms with E-state index >= 15 is 0 Å². The maximum atomic E-state index is 12.9. The van der Waals surface area contributed by atoms with Gasteiger partial charge in [0.15, 0.2) is 5.78 Å². The van der Waals surface area contributed by atoms with Gasteiger partial charge < -0.3 is 24.0 Å². The second kappa shape index (κ2) is 12.7. The predicted octanol–water partition coefficient (Wildman–Crippen LogP) is 3.72. The number of nitrogens with one attached hydrogen (secondary N) is 1. The number of benzene rings is 1. The van der Waals surface area contributed by atoms with E-state index in [4.69, 9.17) is 14.2 Å². The third kappa shape index (κ3) is 13.2. The fourth-order valence-corrected chi connectivity index (χ4v) is 3.09. The number of hydrogen-bond acceptors (Lipinski definition) is 5. The molecule has 0 aromatic heterocycles. The van der Waals surface area contributed by atoms with E-state index in [1.165, 1.54) is 0 Å². The van der Waals surface area contributed by atoms with E-state index in [-0.39, 0.29) is 22.8 Å². The monoisotopic (exact) mass is 451 g/mol. The molecular formula is C26H47N2O4+. The largest absolute Gasteiger partial charge is 0.491 e. The van der Waals surface area contributed by atoms with Crippen LogP contribution in [0.4, 0.5) is 0 Å². The third-order valence-electron chi connectivity index (χ3n) is 4.80. The van der Waals surface area contributed by atoms with Gasteiger partial charge in [-0.2, -0.15) is 0 Å². The minimum atomic E-state index is -0.386. The number of ketones is 1. The van der Waals surface area contributed by atoms with Crippen molar-refractivity contribution in [1.82, 2.24) is 5.32 Å². The molecule has 1 unspecified atom stereocenters. The van der Waals surface area contributed by atoms with Crippen molar-refractivity contribution >= 4 is 5.78 Å². The van der Waals surface area contributed by atoms with Crippen molar-refractivity contribution < 1.29 is 23.5 Å². The highest BCUT2D eigenvalue weighted by molar-refractivity contribution is 5.89. The van der Waals surface area contributed by atoms with Crippen LogP contribution >= 0.6 is 0 Å². The van der Waals surface area contributed by atoms with E-state index in [0.29, 0.717) is 32.8 Å². The summed E-state index contributed by atoms with van der Waals surface area (Å²) in [5, 5.41) is 3.49. The van der Waals surface area contributed by atoms with Gasteiger partial charge in [0.2, 0.25) is 0 Å². The van der Waals surface area contributed by atoms with Crippen LogP contribution in [0, 0.1) is 5.41 Å². The molecule has 1 rings (SSSR count). The average Bonchev–Trinajstić information content (AvgIpc) is 2.64. The Hall–Kier alpha value is -1.47. The maximum absolute atomic E-state index is 12.9. The Labute approximate surface area is 196 Å². The molecule has 184 valence electrons. The van der Waals surface area contributed by atoms with Gasteiger partial charge in [-0.25, -0.2) is 0 Å². The summed E-state index contributed by atoms with van der Waals surface area (Å²) in [4.78, 5) is 12.9. The van der Waals surface area contributed by atoms with Crippen molar-refractivity contribution in [1.29, 1.82) is 0 Å². The van der Waals surface area contributed by atoms with Crippen LogP contribution in [0.2, 0.25) is 0 Å². The van der Waals surface area contributed by atoms with Crippen molar-refractivity contribution in [3.8, 4) is 5.75 Å². The number of carbonyl (C=O) groups is 1. The Morgan fingerprint density at radius 1 is 0.875 bits per heavy atom. The van der Waals surface area contributed by atoms with Gasteiger partial charge in [0.1, 0.15) is 18.9 Å². The van der Waals surface area contributed by atoms with E-state index in [2.05, 4.69) is 47.2 Å². The zero-order valence-corrected chi connectivity index (χ0v) is 21.9. The normalized spacial score (nSPS) is 13.8. The summed E-state index contributed by atoms with van der Waals surface area (Å²) >= 11 is 0. The van der Waals surface area contributed by atoms with Crippen LogP contribution in [-0.4, -0.2) is 82.6 Å². The van der Waals surface area contributed by atoms with E-state index in [1.807, 2.05) is 45.0 Å². The zero-order valence-electron chi connectivity index (χ0n) is 21.9. The van der Waals surface area contributed by atoms with Crippen LogP contribution < -0.4 is 10.1 Å². The van der Waals surface area contributed by atoms with Crippen molar-refractivity contribution in [2.45, 2.75) is 59.5 Å². The van der Waals surface area contributed by atoms with Gasteiger partial charge in [-0.05, 0) is 44.9 Å². The minimum absolute atomic E-state index is 0.133. The van der Waals surface area contributed by atoms with E-state index < -0.39 is 0 Å². The molecule has 0 aliphatic carbocycles. The van der Waals surface area contributed by atoms with E-state index in [0.717, 1.165) is 28.9 Å². The van der Waals surface area contributed by atoms with Gasteiger partial charge in [0.05, 0.1) is 53.6 Å². The molecule has 0 spiro atoms. The number of Topliss-reactive ketones (excluding diaryl/α,β-unsaturated/α-hetero) is 1. The highest BCUT2D eigenvalue weighted by Gasteiger charge is 2.31. The average molecular weight is 452 g/mol. The Bertz CT molecular complexity index is 667. The quantitative estimate of drug-likeness (QED) is 0.345. The Morgan fingerprint density at radius 3 is 1.91 bits per heavy atom. The fraction of sp³-hybridized carbons (Fsp3) is 0.731. The van der Waals surface area contributed by atoms with E-state index in [9.17, 15) is 4.79 Å². The molecule has 0 bridgehead atoms. The summed E-state index contributed by atoms with van der Waals surface area (Å²) in [6.45, 7) is 16.1. The molecule has 0 fully saturated rings. The molecule has 0 amide bonds. The molecule has 1 atom stereocenters. The molecule has 1 aromatic carbocycles. The number of carbonyl (C=O) groups excluding carboxylic acids is 1. The van der Waals surface area contributed by atoms with Crippen molar-refractivity contribution in [2.24, 2.45) is 5.41 Å². The van der Waals surface area contributed by atoms with Crippen LogP contribution in [0.1, 0.15) is 47.1 Å². The summed E-state index contributed by atoms with van der Waals surface area (Å²) in [7, 11) is 6.45. The lowest BCUT2D eigenvalue weighted by Gasteiger charge is -2.32. The summed E-state index contributed by atoms with van der Waals surface area (Å²) in [5.41, 5.74) is 0.591. The van der Waals surface area contributed by atoms with Gasteiger partial charge in [-0.1, -0.05) is 32.9 Å². The highest BCUT2D eigenvalue weighted by atomic mass is 16.5. The van der Waals surface area contributed by atoms with Gasteiger partial charge in [0.25, 0.3) is 0 Å². The number of nitrogens with zero attached hydrogens (tertiary/aromatic N) is 1. The van der Waals surface area contributed by atoms with Crippen LogP contribution in [0.5, 0.6) is 5.75 Å². The summed E-state index contributed by atoms with van der Waals surface area (Å²) in [6, 6.07) is 7.76. The minimum Gasteiger partial charge on any atom is -0.491 e. The smallest absolute Gasteiger partial charge is 0.155 e. The van der Waals surface area contributed by atoms with E-state index in [1.54, 1.807) is 0 Å². The molecule has 0 heterocycles. The number of quaternary nitrogens is 1. The van der Waals surface area contributed by atoms with Crippen LogP contribution in [0.25, 0.3) is 0 Å². The second-order valence-corrected chi connectivity index (χ2v) is 11.5. The Kier molecular flexibility index (Phi) is 11.3. The first-order chi connectivity index (χ1) is 14.7. The molecule has 32 heavy (non-hydrogen) atoms. The second-order valence-electron chi connectivity index (χ2n) is 11.5. The van der Waals surface area contributed by atoms with Crippen LogP contribution in [0.3, 0.4) is 0 Å². The van der Waals surface area contributed by atoms with Crippen molar-refractivity contribution in [3.63, 3.8) is 0 Å². The molecule has 0 aliphatic heterocycles. The number of rotatable bonds is 14. The maximum Gasteiger partial charge on any atom is 0.155 e. The molecule has 1 aromatic rings. The molecular weight excluding hydrogens is 404 g/mol. The third-order valence-corrected chi connectivity index (χ3v) is 4.80. The lowest BCUT2D eigenvalue weighted by molar-refractivity contribution is -0.870. The summed E-state index contributed by atoms with van der Waals surface area (Å²) < 4.78 is 17.8. The lowest BCUT2D eigenvalue weighted by Crippen LogP contribution is -2.51. The van der Waals surface area contributed by atoms with Crippen LogP contribution in [-0.2, 0) is 20.7 Å². The molecule has 0 aliphatic rings. The fourth-order valence-electron chi connectivity index (χ4n) is 3.09. The SMILES string of the molecule is CC(C)(C)NC(Cc1ccc(OCCOCCOCC[N+](C)(C)C)cc1)C(=O)C(C)(C)C. The molecule has 6 heteroatoms. The van der Waals surface area contributed by atoms with Gasteiger partial charge >= 0.3 is 0 Å². The van der Waals surface area contributed by atoms with Gasteiger partial charge in [-0.15, -0.1) is 0 Å². The first-order valence-corrected chi connectivity index (χ1v) is 11.7. The molecule has 0 saturated heterocycles. The summed E-state index contributed by atoms with van der Waals surface area (Å²) in [6.07, 6.45) is 0.658. The topological polar surface area (TPSA) is 56.8 Å². The number of ether oxygens (including phenoxy) is 3. The Morgan fingerprint density at radius 2 is 1.41 bits per heavy atom. The van der Waals surface area contributed by atoms with Gasteiger partial charge in [-0.3, -0.25) is 4.79 Å². The van der Waals surface area contributed by atoms with Crippen molar-refractivity contribution in [2.75, 3.05) is 60.7 Å². The molecule has 6 nitrogen and oxygen atoms in total. The standard InChI is InChI=1S/C26H47N2O4/c1-25(2,3)24(29)23(27-26(4,5)6)20-21-10-12-22(13-11-21)32-19-18-31-17-16-30-15-14-28(7,8)9/h10-13,23,27H,14-20H2,1-9H3/q+1. The number of likely N-dealkylation sites (N-methyl/N-ethyl adjacent to an activating group) is 1. The molecule has 1 N–H and O–H groups in total. The lowest BCUT2D eigenvalue weighted by atomic mass is 9.83.